The molecule has 4 heteroatoms. The lowest BCUT2D eigenvalue weighted by molar-refractivity contribution is -0.139. The molecular weight excluding hydrogens is 218 g/mol. The maximum Gasteiger partial charge on any atom is 0.228 e. The Hall–Kier alpha value is -0.610. The smallest absolute Gasteiger partial charge is 0.228 e. The zero-order chi connectivity index (χ0) is 12.6. The molecule has 2 fully saturated rings. The third kappa shape index (κ3) is 2.80. The Labute approximate surface area is 103 Å². The van der Waals surface area contributed by atoms with E-state index < -0.39 is 5.60 Å². The fraction of sp³-hybridized carbons (Fsp3) is 0.923. The van der Waals surface area contributed by atoms with Crippen LogP contribution in [0.3, 0.4) is 0 Å². The van der Waals surface area contributed by atoms with E-state index in [0.717, 1.165) is 19.3 Å². The highest BCUT2D eigenvalue weighted by Gasteiger charge is 2.45. The molecule has 0 radical (unpaired) electrons. The molecule has 2 heterocycles. The van der Waals surface area contributed by atoms with Crippen LogP contribution in [-0.2, 0) is 9.53 Å². The van der Waals surface area contributed by atoms with E-state index in [1.807, 2.05) is 6.92 Å². The fourth-order valence-electron chi connectivity index (χ4n) is 2.94. The lowest BCUT2D eigenvalue weighted by Crippen LogP contribution is -2.46. The zero-order valence-electron chi connectivity index (χ0n) is 11.0. The Bertz CT molecular complexity index is 298. The maximum absolute atomic E-state index is 12.4. The SMILES string of the molecule is CCN(CC(C)(C)O)C(=O)C1CC2CCC1O2. The van der Waals surface area contributed by atoms with Gasteiger partial charge < -0.3 is 14.7 Å². The molecule has 0 saturated carbocycles. The molecule has 2 bridgehead atoms. The molecule has 2 aliphatic heterocycles. The van der Waals surface area contributed by atoms with Crippen LogP contribution in [0.5, 0.6) is 0 Å². The normalized spacial score (nSPS) is 31.9. The summed E-state index contributed by atoms with van der Waals surface area (Å²) >= 11 is 0. The van der Waals surface area contributed by atoms with Gasteiger partial charge in [-0.3, -0.25) is 4.79 Å². The van der Waals surface area contributed by atoms with E-state index in [1.54, 1.807) is 18.7 Å². The van der Waals surface area contributed by atoms with Gasteiger partial charge >= 0.3 is 0 Å². The Morgan fingerprint density at radius 1 is 1.47 bits per heavy atom. The number of aliphatic hydroxyl groups is 1. The number of amides is 1. The van der Waals surface area contributed by atoms with Crippen molar-refractivity contribution in [3.8, 4) is 0 Å². The molecule has 17 heavy (non-hydrogen) atoms. The van der Waals surface area contributed by atoms with Crippen LogP contribution >= 0.6 is 0 Å². The Morgan fingerprint density at radius 3 is 2.59 bits per heavy atom. The largest absolute Gasteiger partial charge is 0.389 e. The van der Waals surface area contributed by atoms with Gasteiger partial charge in [-0.25, -0.2) is 0 Å². The van der Waals surface area contributed by atoms with Crippen LogP contribution in [0.4, 0.5) is 0 Å². The van der Waals surface area contributed by atoms with Crippen LogP contribution in [0.2, 0.25) is 0 Å². The molecule has 0 aromatic carbocycles. The summed E-state index contributed by atoms with van der Waals surface area (Å²) in [5.41, 5.74) is -0.829. The van der Waals surface area contributed by atoms with Crippen molar-refractivity contribution in [3.63, 3.8) is 0 Å². The summed E-state index contributed by atoms with van der Waals surface area (Å²) in [6.45, 7) is 6.48. The molecule has 98 valence electrons. The predicted molar refractivity (Wildman–Crippen MR) is 64.6 cm³/mol. The number of fused-ring (bicyclic) bond motifs is 2. The van der Waals surface area contributed by atoms with E-state index in [9.17, 15) is 9.90 Å². The number of nitrogens with zero attached hydrogens (tertiary/aromatic N) is 1. The molecule has 3 unspecified atom stereocenters. The maximum atomic E-state index is 12.4. The molecule has 1 amide bonds. The van der Waals surface area contributed by atoms with Crippen molar-refractivity contribution in [2.24, 2.45) is 5.92 Å². The standard InChI is InChI=1S/C13H23NO3/c1-4-14(8-13(2,3)16)12(15)10-7-9-5-6-11(10)17-9/h9-11,16H,4-8H2,1-3H3. The van der Waals surface area contributed by atoms with Gasteiger partial charge in [0.05, 0.1) is 23.7 Å². The third-order valence-electron chi connectivity index (χ3n) is 3.69. The number of hydrogen-bond acceptors (Lipinski definition) is 3. The van der Waals surface area contributed by atoms with Crippen LogP contribution in [0.1, 0.15) is 40.0 Å². The number of hydrogen-bond donors (Lipinski definition) is 1. The predicted octanol–water partition coefficient (Wildman–Crippen LogP) is 1.17. The van der Waals surface area contributed by atoms with Gasteiger partial charge in [0.15, 0.2) is 0 Å². The molecule has 1 N–H and O–H groups in total. The summed E-state index contributed by atoms with van der Waals surface area (Å²) in [5, 5.41) is 9.82. The lowest BCUT2D eigenvalue weighted by atomic mass is 9.88. The number of carbonyl (C=O) groups is 1. The average molecular weight is 241 g/mol. The van der Waals surface area contributed by atoms with E-state index in [1.165, 1.54) is 0 Å². The zero-order valence-corrected chi connectivity index (χ0v) is 11.0. The molecule has 0 aliphatic carbocycles. The lowest BCUT2D eigenvalue weighted by Gasteiger charge is -2.31. The highest BCUT2D eigenvalue weighted by Crippen LogP contribution is 2.39. The molecule has 0 aromatic rings. The summed E-state index contributed by atoms with van der Waals surface area (Å²) in [5.74, 6) is 0.179. The second-order valence-corrected chi connectivity index (χ2v) is 5.88. The van der Waals surface area contributed by atoms with Crippen molar-refractivity contribution < 1.29 is 14.6 Å². The summed E-state index contributed by atoms with van der Waals surface area (Å²) in [7, 11) is 0. The minimum atomic E-state index is -0.829. The molecule has 2 saturated heterocycles. The van der Waals surface area contributed by atoms with Crippen molar-refractivity contribution in [3.05, 3.63) is 0 Å². The number of likely N-dealkylation sites (N-methyl/N-ethyl adjacent to an activating group) is 1. The van der Waals surface area contributed by atoms with Gasteiger partial charge in [-0.05, 0) is 40.0 Å². The van der Waals surface area contributed by atoms with Crippen LogP contribution in [0.25, 0.3) is 0 Å². The molecule has 3 atom stereocenters. The Kier molecular flexibility index (Phi) is 3.46. The van der Waals surface area contributed by atoms with E-state index in [2.05, 4.69) is 0 Å². The van der Waals surface area contributed by atoms with E-state index >= 15 is 0 Å². The number of rotatable bonds is 4. The molecule has 4 nitrogen and oxygen atoms in total. The van der Waals surface area contributed by atoms with E-state index in [4.69, 9.17) is 4.74 Å². The first-order valence-corrected chi connectivity index (χ1v) is 6.57. The van der Waals surface area contributed by atoms with Gasteiger partial charge in [0.25, 0.3) is 0 Å². The molecule has 2 rings (SSSR count). The molecular formula is C13H23NO3. The van der Waals surface area contributed by atoms with Gasteiger partial charge in [0.1, 0.15) is 0 Å². The van der Waals surface area contributed by atoms with E-state index in [-0.39, 0.29) is 17.9 Å². The van der Waals surface area contributed by atoms with Crippen molar-refractivity contribution in [1.82, 2.24) is 4.90 Å². The van der Waals surface area contributed by atoms with Crippen molar-refractivity contribution in [2.45, 2.75) is 57.8 Å². The summed E-state index contributed by atoms with van der Waals surface area (Å²) in [6, 6.07) is 0. The van der Waals surface area contributed by atoms with Gasteiger partial charge in [-0.15, -0.1) is 0 Å². The first-order valence-electron chi connectivity index (χ1n) is 6.57. The van der Waals surface area contributed by atoms with Crippen molar-refractivity contribution in [1.29, 1.82) is 0 Å². The monoisotopic (exact) mass is 241 g/mol. The van der Waals surface area contributed by atoms with Crippen molar-refractivity contribution >= 4 is 5.91 Å². The highest BCUT2D eigenvalue weighted by atomic mass is 16.5. The first-order chi connectivity index (χ1) is 7.90. The summed E-state index contributed by atoms with van der Waals surface area (Å²) in [4.78, 5) is 14.1. The second-order valence-electron chi connectivity index (χ2n) is 5.88. The van der Waals surface area contributed by atoms with Crippen LogP contribution in [-0.4, -0.2) is 46.8 Å². The Balaban J connectivity index is 1.98. The third-order valence-corrected chi connectivity index (χ3v) is 3.69. The minimum absolute atomic E-state index is 0.0241. The van der Waals surface area contributed by atoms with Crippen LogP contribution in [0, 0.1) is 5.92 Å². The fourth-order valence-corrected chi connectivity index (χ4v) is 2.94. The van der Waals surface area contributed by atoms with Crippen LogP contribution < -0.4 is 0 Å². The van der Waals surface area contributed by atoms with Crippen LogP contribution in [0.15, 0.2) is 0 Å². The highest BCUT2D eigenvalue weighted by molar-refractivity contribution is 5.80. The molecule has 2 aliphatic rings. The van der Waals surface area contributed by atoms with Gasteiger partial charge in [-0.1, -0.05) is 0 Å². The van der Waals surface area contributed by atoms with E-state index in [0.29, 0.717) is 19.2 Å². The topological polar surface area (TPSA) is 49.8 Å². The summed E-state index contributed by atoms with van der Waals surface area (Å²) in [6.07, 6.45) is 3.41. The number of ether oxygens (including phenoxy) is 1. The first kappa shape index (κ1) is 12.8. The second kappa shape index (κ2) is 4.58. The molecule has 0 spiro atoms. The quantitative estimate of drug-likeness (QED) is 0.804. The summed E-state index contributed by atoms with van der Waals surface area (Å²) < 4.78 is 5.72. The van der Waals surface area contributed by atoms with Crippen molar-refractivity contribution in [2.75, 3.05) is 13.1 Å². The van der Waals surface area contributed by atoms with Gasteiger partial charge in [0, 0.05) is 13.1 Å². The van der Waals surface area contributed by atoms with Gasteiger partial charge in [0.2, 0.25) is 5.91 Å². The Morgan fingerprint density at radius 2 is 2.18 bits per heavy atom. The minimum Gasteiger partial charge on any atom is -0.389 e. The molecule has 0 aromatic heterocycles. The average Bonchev–Trinajstić information content (AvgIpc) is 2.85. The number of carbonyl (C=O) groups excluding carboxylic acids is 1. The van der Waals surface area contributed by atoms with Gasteiger partial charge in [-0.2, -0.15) is 0 Å².